The van der Waals surface area contributed by atoms with Crippen LogP contribution < -0.4 is 19.7 Å². The van der Waals surface area contributed by atoms with Gasteiger partial charge in [-0.1, -0.05) is 12.1 Å². The molecule has 0 radical (unpaired) electrons. The number of nitrogens with one attached hydrogen (secondary N) is 1. The Morgan fingerprint density at radius 2 is 2.03 bits per heavy atom. The van der Waals surface area contributed by atoms with Crippen LogP contribution in [0.5, 0.6) is 11.5 Å². The number of fused-ring (bicyclic) bond motifs is 1. The van der Waals surface area contributed by atoms with Crippen LogP contribution in [0.4, 0.5) is 24.5 Å². The minimum absolute atomic E-state index is 0.0774. The van der Waals surface area contributed by atoms with Crippen LogP contribution in [0, 0.1) is 10.1 Å². The summed E-state index contributed by atoms with van der Waals surface area (Å²) < 4.78 is 49.6. The second kappa shape index (κ2) is 9.12. The number of anilines is 1. The maximum atomic E-state index is 13.0. The van der Waals surface area contributed by atoms with Crippen molar-refractivity contribution in [2.45, 2.75) is 19.1 Å². The van der Waals surface area contributed by atoms with Gasteiger partial charge in [0.2, 0.25) is 5.91 Å². The molecule has 0 saturated carbocycles. The summed E-state index contributed by atoms with van der Waals surface area (Å²) in [7, 11) is 0. The first-order chi connectivity index (χ1) is 15.1. The summed E-state index contributed by atoms with van der Waals surface area (Å²) in [6.07, 6.45) is -4.59. The van der Waals surface area contributed by atoms with Gasteiger partial charge >= 0.3 is 6.18 Å². The first-order valence-electron chi connectivity index (χ1n) is 9.36. The molecular weight excluding hydrogens is 435 g/mol. The molecule has 0 saturated heterocycles. The number of amides is 2. The van der Waals surface area contributed by atoms with E-state index in [4.69, 9.17) is 9.47 Å². The summed E-state index contributed by atoms with van der Waals surface area (Å²) in [4.78, 5) is 36.1. The molecule has 1 unspecified atom stereocenters. The van der Waals surface area contributed by atoms with Crippen molar-refractivity contribution in [3.8, 4) is 11.5 Å². The SMILES string of the molecule is CC(COc1ccccc1C(F)(F)F)NC(=O)CN1C(=O)COc2ccc([N+](=O)[O-])cc21. The van der Waals surface area contributed by atoms with Gasteiger partial charge in [-0.3, -0.25) is 24.6 Å². The van der Waals surface area contributed by atoms with Crippen molar-refractivity contribution >= 4 is 23.2 Å². The number of nitro benzene ring substituents is 1. The van der Waals surface area contributed by atoms with E-state index in [0.29, 0.717) is 0 Å². The molecule has 9 nitrogen and oxygen atoms in total. The maximum absolute atomic E-state index is 13.0. The number of carbonyl (C=O) groups excluding carboxylic acids is 2. The quantitative estimate of drug-likeness (QED) is 0.510. The van der Waals surface area contributed by atoms with E-state index >= 15 is 0 Å². The highest BCUT2D eigenvalue weighted by atomic mass is 19.4. The lowest BCUT2D eigenvalue weighted by molar-refractivity contribution is -0.384. The minimum Gasteiger partial charge on any atom is -0.491 e. The Balaban J connectivity index is 1.63. The number of halogens is 3. The fourth-order valence-electron chi connectivity index (χ4n) is 3.02. The molecule has 0 spiro atoms. The molecule has 0 fully saturated rings. The number of carbonyl (C=O) groups is 2. The number of hydrogen-bond donors (Lipinski definition) is 1. The van der Waals surface area contributed by atoms with Gasteiger partial charge in [0.05, 0.1) is 22.2 Å². The molecule has 32 heavy (non-hydrogen) atoms. The molecule has 0 bridgehead atoms. The van der Waals surface area contributed by atoms with Crippen LogP contribution in [0.15, 0.2) is 42.5 Å². The summed E-state index contributed by atoms with van der Waals surface area (Å²) in [5.74, 6) is -1.36. The molecule has 1 heterocycles. The molecule has 1 aliphatic heterocycles. The van der Waals surface area contributed by atoms with Crippen molar-refractivity contribution < 1.29 is 37.2 Å². The van der Waals surface area contributed by atoms with Gasteiger partial charge < -0.3 is 14.8 Å². The number of non-ortho nitro benzene ring substituents is 1. The first kappa shape index (κ1) is 22.8. The lowest BCUT2D eigenvalue weighted by Crippen LogP contribution is -2.47. The zero-order valence-corrected chi connectivity index (χ0v) is 16.7. The van der Waals surface area contributed by atoms with Gasteiger partial charge in [0.1, 0.15) is 24.7 Å². The number of nitrogens with zero attached hydrogens (tertiary/aromatic N) is 2. The number of hydrogen-bond acceptors (Lipinski definition) is 6. The maximum Gasteiger partial charge on any atom is 0.419 e. The molecular formula is C20H18F3N3O6. The minimum atomic E-state index is -4.59. The first-order valence-corrected chi connectivity index (χ1v) is 9.36. The fraction of sp³-hybridized carbons (Fsp3) is 0.300. The van der Waals surface area contributed by atoms with Gasteiger partial charge in [0.25, 0.3) is 11.6 Å². The number of ether oxygens (including phenoxy) is 2. The molecule has 3 rings (SSSR count). The normalized spacial score (nSPS) is 14.2. The van der Waals surface area contributed by atoms with Crippen LogP contribution in [0.2, 0.25) is 0 Å². The number of alkyl halides is 3. The van der Waals surface area contributed by atoms with Crippen molar-refractivity contribution in [2.24, 2.45) is 0 Å². The van der Waals surface area contributed by atoms with Gasteiger partial charge in [-0.2, -0.15) is 13.2 Å². The molecule has 1 atom stereocenters. The highest BCUT2D eigenvalue weighted by Crippen LogP contribution is 2.36. The fourth-order valence-corrected chi connectivity index (χ4v) is 3.02. The highest BCUT2D eigenvalue weighted by Gasteiger charge is 2.34. The third-order valence-electron chi connectivity index (χ3n) is 4.49. The van der Waals surface area contributed by atoms with Crippen molar-refractivity contribution in [3.05, 3.63) is 58.1 Å². The Kier molecular flexibility index (Phi) is 6.51. The van der Waals surface area contributed by atoms with E-state index in [1.807, 2.05) is 0 Å². The molecule has 170 valence electrons. The predicted molar refractivity (Wildman–Crippen MR) is 105 cm³/mol. The zero-order chi connectivity index (χ0) is 23.5. The molecule has 2 aromatic carbocycles. The summed E-state index contributed by atoms with van der Waals surface area (Å²) in [6, 6.07) is 7.68. The molecule has 2 aromatic rings. The van der Waals surface area contributed by atoms with Crippen LogP contribution >= 0.6 is 0 Å². The Hall–Kier alpha value is -3.83. The molecule has 2 amide bonds. The largest absolute Gasteiger partial charge is 0.491 e. The van der Waals surface area contributed by atoms with Crippen LogP contribution in [-0.4, -0.2) is 42.5 Å². The van der Waals surface area contributed by atoms with Crippen LogP contribution in [-0.2, 0) is 15.8 Å². The Morgan fingerprint density at radius 1 is 1.31 bits per heavy atom. The van der Waals surface area contributed by atoms with Crippen LogP contribution in [0.1, 0.15) is 12.5 Å². The van der Waals surface area contributed by atoms with E-state index in [0.717, 1.165) is 17.0 Å². The Bertz CT molecular complexity index is 1040. The number of nitro groups is 1. The van der Waals surface area contributed by atoms with Crippen molar-refractivity contribution in [2.75, 3.05) is 24.7 Å². The average molecular weight is 453 g/mol. The molecule has 12 heteroatoms. The number of rotatable bonds is 7. The second-order valence-electron chi connectivity index (χ2n) is 6.95. The zero-order valence-electron chi connectivity index (χ0n) is 16.7. The van der Waals surface area contributed by atoms with Crippen LogP contribution in [0.3, 0.4) is 0 Å². The monoisotopic (exact) mass is 453 g/mol. The molecule has 0 aromatic heterocycles. The van der Waals surface area contributed by atoms with Gasteiger partial charge in [-0.15, -0.1) is 0 Å². The van der Waals surface area contributed by atoms with Crippen molar-refractivity contribution in [3.63, 3.8) is 0 Å². The van der Waals surface area contributed by atoms with E-state index in [1.54, 1.807) is 0 Å². The number of benzene rings is 2. The molecule has 1 aliphatic rings. The third kappa shape index (κ3) is 5.25. The third-order valence-corrected chi connectivity index (χ3v) is 4.49. The van der Waals surface area contributed by atoms with E-state index in [2.05, 4.69) is 5.32 Å². The smallest absolute Gasteiger partial charge is 0.419 e. The summed E-state index contributed by atoms with van der Waals surface area (Å²) >= 11 is 0. The van der Waals surface area contributed by atoms with Crippen molar-refractivity contribution in [1.29, 1.82) is 0 Å². The van der Waals surface area contributed by atoms with Gasteiger partial charge in [0.15, 0.2) is 6.61 Å². The molecule has 0 aliphatic carbocycles. The van der Waals surface area contributed by atoms with Gasteiger partial charge in [-0.25, -0.2) is 0 Å². The van der Waals surface area contributed by atoms with Gasteiger partial charge in [-0.05, 0) is 25.1 Å². The van der Waals surface area contributed by atoms with E-state index in [1.165, 1.54) is 37.3 Å². The highest BCUT2D eigenvalue weighted by molar-refractivity contribution is 6.02. The summed E-state index contributed by atoms with van der Waals surface area (Å²) in [5.41, 5.74) is -1.14. The lowest BCUT2D eigenvalue weighted by Gasteiger charge is -2.29. The average Bonchev–Trinajstić information content (AvgIpc) is 2.73. The Labute approximate surface area is 179 Å². The lowest BCUT2D eigenvalue weighted by atomic mass is 10.2. The predicted octanol–water partition coefficient (Wildman–Crippen LogP) is 2.92. The Morgan fingerprint density at radius 3 is 2.72 bits per heavy atom. The summed E-state index contributed by atoms with van der Waals surface area (Å²) in [6.45, 7) is 0.469. The second-order valence-corrected chi connectivity index (χ2v) is 6.95. The standard InChI is InChI=1S/C20H18F3N3O6/c1-12(10-31-16-5-3-2-4-14(16)20(21,22)23)24-18(27)9-25-15-8-13(26(29)30)6-7-17(15)32-11-19(25)28/h2-8,12H,9-11H2,1H3,(H,24,27). The van der Waals surface area contributed by atoms with E-state index < -0.39 is 41.1 Å². The molecule has 1 N–H and O–H groups in total. The van der Waals surface area contributed by atoms with E-state index in [9.17, 15) is 32.9 Å². The van der Waals surface area contributed by atoms with Crippen LogP contribution in [0.25, 0.3) is 0 Å². The number of para-hydroxylation sites is 1. The van der Waals surface area contributed by atoms with Crippen molar-refractivity contribution in [1.82, 2.24) is 5.32 Å². The topological polar surface area (TPSA) is 111 Å². The van der Waals surface area contributed by atoms with E-state index in [-0.39, 0.29) is 36.1 Å². The summed E-state index contributed by atoms with van der Waals surface area (Å²) in [5, 5.41) is 13.5. The van der Waals surface area contributed by atoms with Gasteiger partial charge in [0, 0.05) is 12.1 Å².